The van der Waals surface area contributed by atoms with Crippen LogP contribution in [-0.2, 0) is 6.54 Å². The average Bonchev–Trinajstić information content (AvgIpc) is 2.65. The molecule has 0 aliphatic rings. The summed E-state index contributed by atoms with van der Waals surface area (Å²) in [5, 5.41) is 23.6. The zero-order chi connectivity index (χ0) is 8.39. The van der Waals surface area contributed by atoms with Gasteiger partial charge < -0.3 is 5.73 Å². The van der Waals surface area contributed by atoms with Gasteiger partial charge in [-0.3, -0.25) is 0 Å². The number of hydrogen-bond donors (Lipinski definition) is 2. The number of anilines is 1. The predicted octanol–water partition coefficient (Wildman–Crippen LogP) is -2.18. The molecule has 9 nitrogen and oxygen atoms in total. The van der Waals surface area contributed by atoms with Crippen LogP contribution < -0.4 is 5.73 Å². The lowest BCUT2D eigenvalue weighted by Gasteiger charge is -1.93. The Morgan fingerprint density at radius 3 is 2.92 bits per heavy atom. The van der Waals surface area contributed by atoms with Gasteiger partial charge >= 0.3 is 0 Å². The van der Waals surface area contributed by atoms with E-state index in [1.54, 1.807) is 0 Å². The number of aromatic amines is 1. The Balaban J connectivity index is 2.20. The second-order valence-electron chi connectivity index (χ2n) is 2.02. The fraction of sp³-hybridized carbons (Fsp3) is 0.333. The number of nitrogens with one attached hydrogen (secondary N) is 1. The van der Waals surface area contributed by atoms with Gasteiger partial charge in [0, 0.05) is 0 Å². The Hall–Kier alpha value is -2.06. The van der Waals surface area contributed by atoms with E-state index in [4.69, 9.17) is 5.73 Å². The van der Waals surface area contributed by atoms with Crippen molar-refractivity contribution in [1.29, 1.82) is 0 Å². The first-order chi connectivity index (χ1) is 5.86. The van der Waals surface area contributed by atoms with Crippen molar-refractivity contribution < 1.29 is 0 Å². The molecular formula is C3H5N9. The molecule has 0 unspecified atom stereocenters. The summed E-state index contributed by atoms with van der Waals surface area (Å²) < 4.78 is 1.37. The van der Waals surface area contributed by atoms with E-state index in [9.17, 15) is 0 Å². The number of nitrogen functional groups attached to an aromatic ring is 1. The van der Waals surface area contributed by atoms with Crippen LogP contribution in [0.25, 0.3) is 0 Å². The molecule has 0 aromatic carbocycles. The highest BCUT2D eigenvalue weighted by Gasteiger charge is 2.04. The van der Waals surface area contributed by atoms with Crippen LogP contribution in [-0.4, -0.2) is 40.8 Å². The fourth-order valence-corrected chi connectivity index (χ4v) is 0.708. The van der Waals surface area contributed by atoms with Gasteiger partial charge in [0.05, 0.1) is 0 Å². The third-order valence-corrected chi connectivity index (χ3v) is 1.24. The largest absolute Gasteiger partial charge is 0.367 e. The Labute approximate surface area is 66.0 Å². The summed E-state index contributed by atoms with van der Waals surface area (Å²) in [5.41, 5.74) is 5.40. The van der Waals surface area contributed by atoms with Crippen molar-refractivity contribution in [2.75, 3.05) is 5.73 Å². The number of H-pyrrole nitrogens is 1. The van der Waals surface area contributed by atoms with Gasteiger partial charge in [0.1, 0.15) is 6.54 Å². The van der Waals surface area contributed by atoms with Crippen LogP contribution in [0.3, 0.4) is 0 Å². The van der Waals surface area contributed by atoms with Crippen molar-refractivity contribution >= 4 is 5.95 Å². The molecule has 0 saturated carbocycles. The average molecular weight is 167 g/mol. The van der Waals surface area contributed by atoms with Crippen molar-refractivity contribution in [1.82, 2.24) is 40.8 Å². The first kappa shape index (κ1) is 6.64. The Morgan fingerprint density at radius 1 is 1.42 bits per heavy atom. The van der Waals surface area contributed by atoms with Crippen LogP contribution in [0.4, 0.5) is 5.95 Å². The maximum absolute atomic E-state index is 5.40. The van der Waals surface area contributed by atoms with Gasteiger partial charge in [0.15, 0.2) is 5.82 Å². The van der Waals surface area contributed by atoms with E-state index < -0.39 is 0 Å². The summed E-state index contributed by atoms with van der Waals surface area (Å²) in [4.78, 5) is 0. The first-order valence-electron chi connectivity index (χ1n) is 3.10. The van der Waals surface area contributed by atoms with Crippen LogP contribution in [0.2, 0.25) is 0 Å². The lowest BCUT2D eigenvalue weighted by atomic mass is 10.6. The van der Waals surface area contributed by atoms with Crippen molar-refractivity contribution in [2.24, 2.45) is 0 Å². The van der Waals surface area contributed by atoms with Crippen molar-refractivity contribution in [2.45, 2.75) is 6.54 Å². The standard InChI is InChI=1S/C3H5N9/c4-3-7-10-11-12(3)1-2-5-8-9-6-2/h1H2,(H2,4,7,11)(H,5,6,8,9). The number of tetrazole rings is 2. The highest BCUT2D eigenvalue weighted by molar-refractivity contribution is 5.10. The van der Waals surface area contributed by atoms with Crippen molar-refractivity contribution in [3.8, 4) is 0 Å². The van der Waals surface area contributed by atoms with E-state index in [1.807, 2.05) is 0 Å². The number of aromatic nitrogens is 8. The molecule has 2 aromatic heterocycles. The highest BCUT2D eigenvalue weighted by atomic mass is 15.6. The molecule has 0 aliphatic heterocycles. The molecule has 0 aliphatic carbocycles. The number of nitrogens with zero attached hydrogens (tertiary/aromatic N) is 7. The second-order valence-corrected chi connectivity index (χ2v) is 2.02. The predicted molar refractivity (Wildman–Crippen MR) is 35.5 cm³/mol. The van der Waals surface area contributed by atoms with Gasteiger partial charge in [-0.2, -0.15) is 5.21 Å². The Bertz CT molecular complexity index is 345. The van der Waals surface area contributed by atoms with Crippen molar-refractivity contribution in [3.63, 3.8) is 0 Å². The van der Waals surface area contributed by atoms with Gasteiger partial charge in [-0.1, -0.05) is 10.3 Å². The minimum Gasteiger partial charge on any atom is -0.367 e. The van der Waals surface area contributed by atoms with E-state index in [1.165, 1.54) is 4.68 Å². The second kappa shape index (κ2) is 2.53. The third-order valence-electron chi connectivity index (χ3n) is 1.24. The van der Waals surface area contributed by atoms with Gasteiger partial charge in [-0.15, -0.1) is 10.2 Å². The third kappa shape index (κ3) is 1.07. The Morgan fingerprint density at radius 2 is 2.33 bits per heavy atom. The zero-order valence-corrected chi connectivity index (χ0v) is 5.91. The van der Waals surface area contributed by atoms with Crippen LogP contribution in [0.5, 0.6) is 0 Å². The Kier molecular flexibility index (Phi) is 1.40. The molecular weight excluding hydrogens is 162 g/mol. The molecule has 0 radical (unpaired) electrons. The highest BCUT2D eigenvalue weighted by Crippen LogP contribution is 1.94. The lowest BCUT2D eigenvalue weighted by Crippen LogP contribution is -2.07. The maximum Gasteiger partial charge on any atom is 0.240 e. The molecule has 2 heterocycles. The van der Waals surface area contributed by atoms with Crippen LogP contribution in [0.15, 0.2) is 0 Å². The molecule has 0 bridgehead atoms. The number of rotatable bonds is 2. The molecule has 2 rings (SSSR count). The smallest absolute Gasteiger partial charge is 0.240 e. The normalized spacial score (nSPS) is 10.3. The van der Waals surface area contributed by atoms with Crippen LogP contribution in [0, 0.1) is 0 Å². The number of hydrogen-bond acceptors (Lipinski definition) is 7. The molecule has 3 N–H and O–H groups in total. The first-order valence-corrected chi connectivity index (χ1v) is 3.10. The van der Waals surface area contributed by atoms with E-state index in [0.29, 0.717) is 12.4 Å². The molecule has 62 valence electrons. The summed E-state index contributed by atoms with van der Waals surface area (Å²) in [5.74, 6) is 0.703. The molecule has 0 atom stereocenters. The molecule has 0 amide bonds. The minimum absolute atomic E-state index is 0.222. The van der Waals surface area contributed by atoms with Gasteiger partial charge in [0.2, 0.25) is 5.95 Å². The topological polar surface area (TPSA) is 124 Å². The molecule has 12 heavy (non-hydrogen) atoms. The monoisotopic (exact) mass is 167 g/mol. The van der Waals surface area contributed by atoms with Crippen molar-refractivity contribution in [3.05, 3.63) is 5.82 Å². The summed E-state index contributed by atoms with van der Waals surface area (Å²) in [7, 11) is 0. The van der Waals surface area contributed by atoms with E-state index in [-0.39, 0.29) is 5.95 Å². The molecule has 0 fully saturated rings. The van der Waals surface area contributed by atoms with Crippen LogP contribution in [0.1, 0.15) is 5.82 Å². The SMILES string of the molecule is Nc1nnnn1Cc1nn[nH]n1. The van der Waals surface area contributed by atoms with Gasteiger partial charge in [0.25, 0.3) is 0 Å². The van der Waals surface area contributed by atoms with Gasteiger partial charge in [-0.25, -0.2) is 4.68 Å². The van der Waals surface area contributed by atoms with E-state index >= 15 is 0 Å². The molecule has 9 heteroatoms. The molecule has 0 spiro atoms. The summed E-state index contributed by atoms with van der Waals surface area (Å²) >= 11 is 0. The van der Waals surface area contributed by atoms with Crippen LogP contribution >= 0.6 is 0 Å². The molecule has 0 saturated heterocycles. The van der Waals surface area contributed by atoms with E-state index in [2.05, 4.69) is 36.1 Å². The van der Waals surface area contributed by atoms with Gasteiger partial charge in [-0.05, 0) is 10.4 Å². The zero-order valence-electron chi connectivity index (χ0n) is 5.91. The number of nitrogens with two attached hydrogens (primary N) is 1. The summed E-state index contributed by atoms with van der Waals surface area (Å²) in [6.07, 6.45) is 0. The summed E-state index contributed by atoms with van der Waals surface area (Å²) in [6.45, 7) is 0.315. The van der Waals surface area contributed by atoms with E-state index in [0.717, 1.165) is 0 Å². The summed E-state index contributed by atoms with van der Waals surface area (Å²) in [6, 6.07) is 0. The molecule has 2 aromatic rings. The lowest BCUT2D eigenvalue weighted by molar-refractivity contribution is 0.631. The quantitative estimate of drug-likeness (QED) is 0.520. The minimum atomic E-state index is 0.222. The fourth-order valence-electron chi connectivity index (χ4n) is 0.708. The maximum atomic E-state index is 5.40.